The first-order valence-electron chi connectivity index (χ1n) is 5.03. The standard InChI is InChI=1S/C9H19N3O3/c1-2-7(5-8(13)14)6-12-9(15)11-4-3-10/h7H,2-6,10H2,1H3,(H,13,14)(H2,11,12,15). The number of aliphatic carboxylic acids is 1. The fourth-order valence-electron chi connectivity index (χ4n) is 1.09. The summed E-state index contributed by atoms with van der Waals surface area (Å²) in [6, 6.07) is -0.302. The highest BCUT2D eigenvalue weighted by atomic mass is 16.4. The number of amides is 2. The fourth-order valence-corrected chi connectivity index (χ4v) is 1.09. The quantitative estimate of drug-likeness (QED) is 0.471. The van der Waals surface area contributed by atoms with Gasteiger partial charge in [0.1, 0.15) is 0 Å². The Morgan fingerprint density at radius 2 is 2.07 bits per heavy atom. The lowest BCUT2D eigenvalue weighted by Gasteiger charge is -2.13. The van der Waals surface area contributed by atoms with E-state index in [9.17, 15) is 9.59 Å². The van der Waals surface area contributed by atoms with E-state index in [2.05, 4.69) is 10.6 Å². The van der Waals surface area contributed by atoms with Crippen LogP contribution in [-0.4, -0.2) is 36.7 Å². The molecule has 0 spiro atoms. The molecule has 0 bridgehead atoms. The van der Waals surface area contributed by atoms with Gasteiger partial charge in [-0.3, -0.25) is 4.79 Å². The molecule has 15 heavy (non-hydrogen) atoms. The maximum absolute atomic E-state index is 11.1. The fraction of sp³-hybridized carbons (Fsp3) is 0.778. The Hall–Kier alpha value is -1.30. The van der Waals surface area contributed by atoms with Crippen LogP contribution in [-0.2, 0) is 4.79 Å². The number of carboxylic acid groups (broad SMARTS) is 1. The van der Waals surface area contributed by atoms with Gasteiger partial charge in [-0.1, -0.05) is 13.3 Å². The van der Waals surface area contributed by atoms with E-state index in [-0.39, 0.29) is 18.4 Å². The molecule has 5 N–H and O–H groups in total. The van der Waals surface area contributed by atoms with Crippen molar-refractivity contribution in [2.24, 2.45) is 11.7 Å². The first-order chi connectivity index (χ1) is 7.10. The molecule has 1 atom stereocenters. The van der Waals surface area contributed by atoms with E-state index in [1.54, 1.807) is 0 Å². The van der Waals surface area contributed by atoms with Gasteiger partial charge in [0.2, 0.25) is 0 Å². The molecule has 88 valence electrons. The zero-order valence-electron chi connectivity index (χ0n) is 8.95. The molecule has 6 nitrogen and oxygen atoms in total. The van der Waals surface area contributed by atoms with Crippen LogP contribution < -0.4 is 16.4 Å². The topological polar surface area (TPSA) is 104 Å². The predicted octanol–water partition coefficient (Wildman–Crippen LogP) is -0.255. The third kappa shape index (κ3) is 7.75. The van der Waals surface area contributed by atoms with Gasteiger partial charge in [-0.05, 0) is 5.92 Å². The number of urea groups is 1. The van der Waals surface area contributed by atoms with Crippen molar-refractivity contribution in [3.05, 3.63) is 0 Å². The van der Waals surface area contributed by atoms with Crippen molar-refractivity contribution in [3.63, 3.8) is 0 Å². The highest BCUT2D eigenvalue weighted by molar-refractivity contribution is 5.74. The van der Waals surface area contributed by atoms with Gasteiger partial charge in [-0.25, -0.2) is 4.79 Å². The van der Waals surface area contributed by atoms with E-state index < -0.39 is 5.97 Å². The number of nitrogens with one attached hydrogen (secondary N) is 2. The van der Waals surface area contributed by atoms with Gasteiger partial charge in [0.25, 0.3) is 0 Å². The smallest absolute Gasteiger partial charge is 0.314 e. The van der Waals surface area contributed by atoms with E-state index >= 15 is 0 Å². The molecule has 0 heterocycles. The summed E-state index contributed by atoms with van der Waals surface area (Å²) >= 11 is 0. The number of nitrogens with two attached hydrogens (primary N) is 1. The molecule has 0 aromatic carbocycles. The average Bonchev–Trinajstić information content (AvgIpc) is 2.20. The van der Waals surface area contributed by atoms with Crippen LogP contribution in [0.1, 0.15) is 19.8 Å². The average molecular weight is 217 g/mol. The van der Waals surface area contributed by atoms with E-state index in [1.165, 1.54) is 0 Å². The number of carbonyl (C=O) groups is 2. The molecular formula is C9H19N3O3. The summed E-state index contributed by atoms with van der Waals surface area (Å²) < 4.78 is 0. The van der Waals surface area contributed by atoms with Crippen LogP contribution >= 0.6 is 0 Å². The van der Waals surface area contributed by atoms with Gasteiger partial charge < -0.3 is 21.5 Å². The second kappa shape index (κ2) is 8.05. The number of hydrogen-bond donors (Lipinski definition) is 4. The zero-order valence-corrected chi connectivity index (χ0v) is 8.95. The molecule has 1 unspecified atom stereocenters. The van der Waals surface area contributed by atoms with Crippen molar-refractivity contribution >= 4 is 12.0 Å². The Bertz CT molecular complexity index is 209. The molecule has 2 amide bonds. The highest BCUT2D eigenvalue weighted by Crippen LogP contribution is 2.06. The summed E-state index contributed by atoms with van der Waals surface area (Å²) in [6.45, 7) is 3.08. The molecule has 0 saturated heterocycles. The Morgan fingerprint density at radius 1 is 1.40 bits per heavy atom. The van der Waals surface area contributed by atoms with Gasteiger partial charge >= 0.3 is 12.0 Å². The molecular weight excluding hydrogens is 198 g/mol. The Balaban J connectivity index is 3.69. The Kier molecular flexibility index (Phi) is 7.35. The van der Waals surface area contributed by atoms with Crippen molar-refractivity contribution < 1.29 is 14.7 Å². The van der Waals surface area contributed by atoms with Crippen LogP contribution in [0.5, 0.6) is 0 Å². The normalized spacial score (nSPS) is 11.9. The van der Waals surface area contributed by atoms with Crippen LogP contribution in [0.3, 0.4) is 0 Å². The maximum Gasteiger partial charge on any atom is 0.314 e. The Labute approximate surface area is 89.2 Å². The SMILES string of the molecule is CCC(CNC(=O)NCCN)CC(=O)O. The van der Waals surface area contributed by atoms with E-state index in [1.807, 2.05) is 6.92 Å². The summed E-state index contributed by atoms with van der Waals surface area (Å²) in [6.07, 6.45) is 0.803. The van der Waals surface area contributed by atoms with E-state index in [0.29, 0.717) is 19.6 Å². The Morgan fingerprint density at radius 3 is 2.53 bits per heavy atom. The number of carboxylic acids is 1. The van der Waals surface area contributed by atoms with Gasteiger partial charge in [0, 0.05) is 26.1 Å². The lowest BCUT2D eigenvalue weighted by atomic mass is 10.0. The van der Waals surface area contributed by atoms with E-state index in [4.69, 9.17) is 10.8 Å². The lowest BCUT2D eigenvalue weighted by molar-refractivity contribution is -0.138. The molecule has 0 fully saturated rings. The third-order valence-electron chi connectivity index (χ3n) is 2.02. The molecule has 6 heteroatoms. The van der Waals surface area contributed by atoms with Crippen LogP contribution in [0.15, 0.2) is 0 Å². The zero-order chi connectivity index (χ0) is 11.7. The number of hydrogen-bond acceptors (Lipinski definition) is 3. The third-order valence-corrected chi connectivity index (χ3v) is 2.02. The van der Waals surface area contributed by atoms with Gasteiger partial charge in [0.15, 0.2) is 0 Å². The summed E-state index contributed by atoms with van der Waals surface area (Å²) in [5, 5.41) is 13.7. The minimum atomic E-state index is -0.842. The van der Waals surface area contributed by atoms with Gasteiger partial charge in [0.05, 0.1) is 0 Å². The molecule has 0 aromatic rings. The second-order valence-electron chi connectivity index (χ2n) is 3.30. The van der Waals surface area contributed by atoms with Crippen molar-refractivity contribution in [2.75, 3.05) is 19.6 Å². The summed E-state index contributed by atoms with van der Waals surface area (Å²) in [4.78, 5) is 21.5. The highest BCUT2D eigenvalue weighted by Gasteiger charge is 2.11. The van der Waals surface area contributed by atoms with Crippen molar-refractivity contribution in [1.82, 2.24) is 10.6 Å². The molecule has 0 aliphatic rings. The molecule has 0 radical (unpaired) electrons. The molecule has 0 aliphatic carbocycles. The van der Waals surface area contributed by atoms with Gasteiger partial charge in [-0.2, -0.15) is 0 Å². The first kappa shape index (κ1) is 13.7. The largest absolute Gasteiger partial charge is 0.481 e. The minimum absolute atomic E-state index is 0.0221. The van der Waals surface area contributed by atoms with Crippen molar-refractivity contribution in [3.8, 4) is 0 Å². The number of rotatable bonds is 7. The summed E-state index contributed by atoms with van der Waals surface area (Å²) in [7, 11) is 0. The van der Waals surface area contributed by atoms with Gasteiger partial charge in [-0.15, -0.1) is 0 Å². The van der Waals surface area contributed by atoms with Crippen molar-refractivity contribution in [1.29, 1.82) is 0 Å². The van der Waals surface area contributed by atoms with Crippen LogP contribution in [0.2, 0.25) is 0 Å². The number of carbonyl (C=O) groups excluding carboxylic acids is 1. The summed E-state index contributed by atoms with van der Waals surface area (Å²) in [5.74, 6) is -0.864. The maximum atomic E-state index is 11.1. The molecule has 0 saturated carbocycles. The molecule has 0 rings (SSSR count). The summed E-state index contributed by atoms with van der Waals surface area (Å²) in [5.41, 5.74) is 5.20. The van der Waals surface area contributed by atoms with Crippen LogP contribution in [0.25, 0.3) is 0 Å². The van der Waals surface area contributed by atoms with Crippen molar-refractivity contribution in [2.45, 2.75) is 19.8 Å². The van der Waals surface area contributed by atoms with Crippen LogP contribution in [0, 0.1) is 5.92 Å². The minimum Gasteiger partial charge on any atom is -0.481 e. The molecule has 0 aliphatic heterocycles. The predicted molar refractivity (Wildman–Crippen MR) is 56.5 cm³/mol. The monoisotopic (exact) mass is 217 g/mol. The lowest BCUT2D eigenvalue weighted by Crippen LogP contribution is -2.40. The second-order valence-corrected chi connectivity index (χ2v) is 3.30. The van der Waals surface area contributed by atoms with Crippen LogP contribution in [0.4, 0.5) is 4.79 Å². The molecule has 0 aromatic heterocycles. The van der Waals surface area contributed by atoms with E-state index in [0.717, 1.165) is 6.42 Å². The first-order valence-corrected chi connectivity index (χ1v) is 5.03.